The van der Waals surface area contributed by atoms with E-state index in [1.807, 2.05) is 7.05 Å². The van der Waals surface area contributed by atoms with Crippen LogP contribution in [0.25, 0.3) is 0 Å². The number of carbonyl (C=O) groups excluding carboxylic acids is 1. The lowest BCUT2D eigenvalue weighted by Gasteiger charge is -2.30. The van der Waals surface area contributed by atoms with E-state index in [1.165, 1.54) is 36.4 Å². The summed E-state index contributed by atoms with van der Waals surface area (Å²) >= 11 is 0. The number of sulfonamides is 1. The highest BCUT2D eigenvalue weighted by atomic mass is 32.2. The van der Waals surface area contributed by atoms with Gasteiger partial charge in [0.1, 0.15) is 5.82 Å². The molecule has 6 nitrogen and oxygen atoms in total. The van der Waals surface area contributed by atoms with Crippen molar-refractivity contribution in [2.45, 2.75) is 30.3 Å². The quantitative estimate of drug-likeness (QED) is 0.747. The SMILES string of the molecule is CN1CCC(NC(=O)CN(Cc2ccc(F)cc2)S(=O)(=O)c2ccccc2)CC1. The normalized spacial score (nSPS) is 16.1. The smallest absolute Gasteiger partial charge is 0.243 e. The first kappa shape index (κ1) is 21.4. The molecule has 2 aromatic rings. The fourth-order valence-corrected chi connectivity index (χ4v) is 4.75. The highest BCUT2D eigenvalue weighted by molar-refractivity contribution is 7.89. The number of amides is 1. The zero-order valence-corrected chi connectivity index (χ0v) is 17.2. The molecule has 8 heteroatoms. The molecule has 0 atom stereocenters. The predicted molar refractivity (Wildman–Crippen MR) is 109 cm³/mol. The van der Waals surface area contributed by atoms with Gasteiger partial charge in [-0.05, 0) is 62.8 Å². The lowest BCUT2D eigenvalue weighted by Crippen LogP contribution is -2.47. The summed E-state index contributed by atoms with van der Waals surface area (Å²) in [5, 5.41) is 2.96. The summed E-state index contributed by atoms with van der Waals surface area (Å²) in [6, 6.07) is 13.7. The van der Waals surface area contributed by atoms with Gasteiger partial charge in [-0.15, -0.1) is 0 Å². The molecule has 1 heterocycles. The Bertz CT molecular complexity index is 912. The van der Waals surface area contributed by atoms with Gasteiger partial charge in [0.25, 0.3) is 0 Å². The van der Waals surface area contributed by atoms with Gasteiger partial charge < -0.3 is 10.2 Å². The molecule has 1 amide bonds. The van der Waals surface area contributed by atoms with E-state index >= 15 is 0 Å². The second-order valence-corrected chi connectivity index (χ2v) is 9.30. The topological polar surface area (TPSA) is 69.7 Å². The molecule has 0 radical (unpaired) electrons. The first-order valence-electron chi connectivity index (χ1n) is 9.62. The second kappa shape index (κ2) is 9.47. The largest absolute Gasteiger partial charge is 0.352 e. The van der Waals surface area contributed by atoms with Gasteiger partial charge in [-0.25, -0.2) is 12.8 Å². The van der Waals surface area contributed by atoms with Crippen molar-refractivity contribution in [3.8, 4) is 0 Å². The Morgan fingerprint density at radius 2 is 1.72 bits per heavy atom. The van der Waals surface area contributed by atoms with Crippen LogP contribution in [0.1, 0.15) is 18.4 Å². The van der Waals surface area contributed by atoms with Gasteiger partial charge in [0, 0.05) is 12.6 Å². The summed E-state index contributed by atoms with van der Waals surface area (Å²) in [4.78, 5) is 15.0. The Morgan fingerprint density at radius 3 is 2.34 bits per heavy atom. The van der Waals surface area contributed by atoms with Crippen LogP contribution in [0.2, 0.25) is 0 Å². The average Bonchev–Trinajstić information content (AvgIpc) is 2.71. The number of nitrogens with one attached hydrogen (secondary N) is 1. The molecule has 0 aliphatic carbocycles. The van der Waals surface area contributed by atoms with Gasteiger partial charge in [-0.1, -0.05) is 30.3 Å². The minimum atomic E-state index is -3.88. The van der Waals surface area contributed by atoms with Crippen LogP contribution in [-0.2, 0) is 21.4 Å². The molecule has 0 bridgehead atoms. The van der Waals surface area contributed by atoms with E-state index in [-0.39, 0.29) is 29.9 Å². The van der Waals surface area contributed by atoms with Crippen LogP contribution in [0.5, 0.6) is 0 Å². The summed E-state index contributed by atoms with van der Waals surface area (Å²) < 4.78 is 40.6. The Kier molecular flexibility index (Phi) is 7.00. The third-order valence-corrected chi connectivity index (χ3v) is 6.86. The number of likely N-dealkylation sites (tertiary alicyclic amines) is 1. The van der Waals surface area contributed by atoms with Crippen LogP contribution < -0.4 is 5.32 Å². The van der Waals surface area contributed by atoms with Crippen molar-refractivity contribution in [2.24, 2.45) is 0 Å². The first-order valence-corrected chi connectivity index (χ1v) is 11.1. The molecule has 29 heavy (non-hydrogen) atoms. The van der Waals surface area contributed by atoms with E-state index in [9.17, 15) is 17.6 Å². The molecule has 0 saturated carbocycles. The third-order valence-electron chi connectivity index (χ3n) is 5.06. The highest BCUT2D eigenvalue weighted by Gasteiger charge is 2.28. The van der Waals surface area contributed by atoms with Gasteiger partial charge in [-0.2, -0.15) is 4.31 Å². The fourth-order valence-electron chi connectivity index (χ4n) is 3.35. The number of hydrogen-bond acceptors (Lipinski definition) is 4. The summed E-state index contributed by atoms with van der Waals surface area (Å²) in [6.45, 7) is 1.48. The van der Waals surface area contributed by atoms with Gasteiger partial charge in [0.2, 0.25) is 15.9 Å². The summed E-state index contributed by atoms with van der Waals surface area (Å²) in [6.07, 6.45) is 1.68. The van der Waals surface area contributed by atoms with Crippen LogP contribution in [-0.4, -0.2) is 56.3 Å². The second-order valence-electron chi connectivity index (χ2n) is 7.36. The maximum Gasteiger partial charge on any atom is 0.243 e. The number of carbonyl (C=O) groups is 1. The number of piperidine rings is 1. The van der Waals surface area contributed by atoms with Crippen molar-refractivity contribution in [3.63, 3.8) is 0 Å². The molecule has 0 spiro atoms. The molecule has 1 aliphatic rings. The van der Waals surface area contributed by atoms with E-state index in [4.69, 9.17) is 0 Å². The Hall–Kier alpha value is -2.29. The van der Waals surface area contributed by atoms with Crippen LogP contribution in [0, 0.1) is 5.82 Å². The Morgan fingerprint density at radius 1 is 1.10 bits per heavy atom. The fraction of sp³-hybridized carbons (Fsp3) is 0.381. The van der Waals surface area contributed by atoms with E-state index in [2.05, 4.69) is 10.2 Å². The van der Waals surface area contributed by atoms with E-state index in [0.29, 0.717) is 5.56 Å². The summed E-state index contributed by atoms with van der Waals surface area (Å²) in [5.41, 5.74) is 0.609. The van der Waals surface area contributed by atoms with Gasteiger partial charge >= 0.3 is 0 Å². The Balaban J connectivity index is 1.76. The first-order chi connectivity index (χ1) is 13.8. The number of rotatable bonds is 7. The lowest BCUT2D eigenvalue weighted by molar-refractivity contribution is -0.122. The molecule has 3 rings (SSSR count). The molecule has 0 aromatic heterocycles. The zero-order chi connectivity index (χ0) is 20.9. The summed E-state index contributed by atoms with van der Waals surface area (Å²) in [5.74, 6) is -0.729. The van der Waals surface area contributed by atoms with Crippen molar-refractivity contribution in [2.75, 3.05) is 26.7 Å². The van der Waals surface area contributed by atoms with Crippen LogP contribution in [0.15, 0.2) is 59.5 Å². The van der Waals surface area contributed by atoms with Crippen molar-refractivity contribution in [3.05, 3.63) is 66.0 Å². The van der Waals surface area contributed by atoms with E-state index in [0.717, 1.165) is 30.2 Å². The van der Waals surface area contributed by atoms with Crippen molar-refractivity contribution >= 4 is 15.9 Å². The standard InChI is InChI=1S/C21H26FN3O3S/c1-24-13-11-19(12-14-24)23-21(26)16-25(15-17-7-9-18(22)10-8-17)29(27,28)20-5-3-2-4-6-20/h2-10,19H,11-16H2,1H3,(H,23,26). The van der Waals surface area contributed by atoms with Crippen LogP contribution >= 0.6 is 0 Å². The number of halogens is 1. The van der Waals surface area contributed by atoms with Crippen LogP contribution in [0.3, 0.4) is 0 Å². The maximum atomic E-state index is 13.2. The van der Waals surface area contributed by atoms with Crippen molar-refractivity contribution in [1.82, 2.24) is 14.5 Å². The molecular weight excluding hydrogens is 393 g/mol. The number of nitrogens with zero attached hydrogens (tertiary/aromatic N) is 2. The highest BCUT2D eigenvalue weighted by Crippen LogP contribution is 2.18. The molecule has 156 valence electrons. The molecule has 1 saturated heterocycles. The average molecular weight is 420 g/mol. The Labute approximate surface area is 171 Å². The van der Waals surface area contributed by atoms with Gasteiger partial charge in [0.05, 0.1) is 11.4 Å². The van der Waals surface area contributed by atoms with Crippen LogP contribution in [0.4, 0.5) is 4.39 Å². The maximum absolute atomic E-state index is 13.2. The van der Waals surface area contributed by atoms with Crippen molar-refractivity contribution < 1.29 is 17.6 Å². The molecule has 1 N–H and O–H groups in total. The minimum Gasteiger partial charge on any atom is -0.352 e. The minimum absolute atomic E-state index is 0.0155. The summed E-state index contributed by atoms with van der Waals surface area (Å²) in [7, 11) is -1.85. The zero-order valence-electron chi connectivity index (χ0n) is 16.4. The molecule has 1 aliphatic heterocycles. The van der Waals surface area contributed by atoms with E-state index < -0.39 is 15.8 Å². The molecular formula is C21H26FN3O3S. The van der Waals surface area contributed by atoms with E-state index in [1.54, 1.807) is 18.2 Å². The molecule has 1 fully saturated rings. The molecule has 0 unspecified atom stereocenters. The predicted octanol–water partition coefficient (Wildman–Crippen LogP) is 2.23. The van der Waals surface area contributed by atoms with Crippen molar-refractivity contribution in [1.29, 1.82) is 0 Å². The molecule has 2 aromatic carbocycles. The number of benzene rings is 2. The lowest BCUT2D eigenvalue weighted by atomic mass is 10.1. The third kappa shape index (κ3) is 5.85. The monoisotopic (exact) mass is 419 g/mol. The van der Waals surface area contributed by atoms with Gasteiger partial charge in [0.15, 0.2) is 0 Å². The number of hydrogen-bond donors (Lipinski definition) is 1. The van der Waals surface area contributed by atoms with Gasteiger partial charge in [-0.3, -0.25) is 4.79 Å².